The lowest BCUT2D eigenvalue weighted by molar-refractivity contribution is 0.318. The Morgan fingerprint density at radius 2 is 2.04 bits per heavy atom. The van der Waals surface area contributed by atoms with Crippen LogP contribution in [0.15, 0.2) is 41.6 Å². The van der Waals surface area contributed by atoms with Gasteiger partial charge in [0.1, 0.15) is 5.82 Å². The summed E-state index contributed by atoms with van der Waals surface area (Å²) in [5, 5.41) is 11.4. The first-order valence-electron chi connectivity index (χ1n) is 5.97. The van der Waals surface area contributed by atoms with Gasteiger partial charge < -0.3 is 15.5 Å². The molecule has 10 heteroatoms. The van der Waals surface area contributed by atoms with Gasteiger partial charge in [-0.25, -0.2) is 8.78 Å². The van der Waals surface area contributed by atoms with E-state index in [0.29, 0.717) is 4.31 Å². The molecule has 3 N–H and O–H groups in total. The van der Waals surface area contributed by atoms with Gasteiger partial charge in [-0.3, -0.25) is 8.51 Å². The van der Waals surface area contributed by atoms with E-state index >= 15 is 0 Å². The zero-order valence-electron chi connectivity index (χ0n) is 11.2. The molecule has 6 nitrogen and oxygen atoms in total. The van der Waals surface area contributed by atoms with Gasteiger partial charge in [-0.2, -0.15) is 0 Å². The number of halogens is 3. The molecule has 23 heavy (non-hydrogen) atoms. The number of hydrogen-bond donors (Lipinski definition) is 2. The van der Waals surface area contributed by atoms with E-state index in [-0.39, 0.29) is 10.7 Å². The number of hydrogen-bond acceptors (Lipinski definition) is 4. The number of anilines is 2. The molecule has 1 unspecified atom stereocenters. The SMILES string of the molecule is NC(=NO)c1c(F)ccc(N(c2cccc(Cl)c2)S(=O)[O-])c1F. The molecule has 0 saturated carbocycles. The van der Waals surface area contributed by atoms with Crippen LogP contribution in [0.1, 0.15) is 5.56 Å². The van der Waals surface area contributed by atoms with E-state index in [2.05, 4.69) is 5.16 Å². The van der Waals surface area contributed by atoms with Crippen molar-refractivity contribution in [2.24, 2.45) is 10.9 Å². The summed E-state index contributed by atoms with van der Waals surface area (Å²) in [6, 6.07) is 7.33. The van der Waals surface area contributed by atoms with E-state index in [4.69, 9.17) is 22.5 Å². The van der Waals surface area contributed by atoms with Crippen LogP contribution in [-0.2, 0) is 11.3 Å². The molecule has 0 bridgehead atoms. The van der Waals surface area contributed by atoms with Gasteiger partial charge in [0.25, 0.3) is 0 Å². The minimum atomic E-state index is -2.93. The second-order valence-corrected chi connectivity index (χ2v) is 5.47. The smallest absolute Gasteiger partial charge is 0.176 e. The average Bonchev–Trinajstić information content (AvgIpc) is 2.49. The summed E-state index contributed by atoms with van der Waals surface area (Å²) in [6.45, 7) is 0. The molecule has 0 aromatic heterocycles. The molecular weight excluding hydrogens is 352 g/mol. The van der Waals surface area contributed by atoms with Crippen LogP contribution < -0.4 is 10.0 Å². The molecule has 0 radical (unpaired) electrons. The lowest BCUT2D eigenvalue weighted by atomic mass is 10.1. The highest BCUT2D eigenvalue weighted by Gasteiger charge is 2.22. The lowest BCUT2D eigenvalue weighted by Gasteiger charge is -2.27. The first-order valence-corrected chi connectivity index (χ1v) is 7.38. The Hall–Kier alpha value is -2.23. The van der Waals surface area contributed by atoms with Gasteiger partial charge in [0, 0.05) is 5.02 Å². The van der Waals surface area contributed by atoms with Crippen LogP contribution in [0.3, 0.4) is 0 Å². The fourth-order valence-electron chi connectivity index (χ4n) is 1.89. The van der Waals surface area contributed by atoms with Crippen LogP contribution >= 0.6 is 11.6 Å². The molecule has 0 saturated heterocycles. The number of oxime groups is 1. The predicted octanol–water partition coefficient (Wildman–Crippen LogP) is 2.64. The second kappa shape index (κ2) is 6.90. The molecule has 0 heterocycles. The minimum Gasteiger partial charge on any atom is -0.755 e. The van der Waals surface area contributed by atoms with Crippen molar-refractivity contribution in [1.82, 2.24) is 0 Å². The average molecular weight is 361 g/mol. The van der Waals surface area contributed by atoms with Crippen LogP contribution in [0.4, 0.5) is 20.2 Å². The van der Waals surface area contributed by atoms with Crippen molar-refractivity contribution in [3.8, 4) is 0 Å². The molecule has 0 fully saturated rings. The Balaban J connectivity index is 2.69. The highest BCUT2D eigenvalue weighted by atomic mass is 35.5. The summed E-state index contributed by atoms with van der Waals surface area (Å²) < 4.78 is 51.8. The van der Waals surface area contributed by atoms with E-state index in [1.807, 2.05) is 0 Å². The molecule has 2 aromatic rings. The van der Waals surface area contributed by atoms with Crippen LogP contribution in [0.2, 0.25) is 5.02 Å². The zero-order chi connectivity index (χ0) is 17.1. The van der Waals surface area contributed by atoms with Crippen molar-refractivity contribution in [1.29, 1.82) is 0 Å². The number of nitrogens with zero attached hydrogens (tertiary/aromatic N) is 2. The van der Waals surface area contributed by atoms with E-state index in [1.165, 1.54) is 24.3 Å². The lowest BCUT2D eigenvalue weighted by Crippen LogP contribution is -2.24. The van der Waals surface area contributed by atoms with E-state index in [0.717, 1.165) is 12.1 Å². The zero-order valence-corrected chi connectivity index (χ0v) is 12.8. The molecule has 1 atom stereocenters. The van der Waals surface area contributed by atoms with Crippen LogP contribution in [0, 0.1) is 11.6 Å². The fourth-order valence-corrected chi connectivity index (χ4v) is 2.66. The number of nitrogens with two attached hydrogens (primary N) is 1. The molecule has 2 rings (SSSR count). The second-order valence-electron chi connectivity index (χ2n) is 4.23. The maximum Gasteiger partial charge on any atom is 0.176 e. The number of amidine groups is 1. The Kier molecular flexibility index (Phi) is 5.14. The molecule has 0 aliphatic carbocycles. The van der Waals surface area contributed by atoms with Crippen molar-refractivity contribution in [3.63, 3.8) is 0 Å². The molecular formula is C13H9ClF2N3O3S-. The van der Waals surface area contributed by atoms with Crippen molar-refractivity contribution in [2.75, 3.05) is 4.31 Å². The van der Waals surface area contributed by atoms with Crippen molar-refractivity contribution < 1.29 is 22.7 Å². The first-order chi connectivity index (χ1) is 10.9. The normalized spacial score (nSPS) is 13.0. The van der Waals surface area contributed by atoms with E-state index in [1.54, 1.807) is 0 Å². The topological polar surface area (TPSA) is 102 Å². The Morgan fingerprint density at radius 3 is 2.61 bits per heavy atom. The highest BCUT2D eigenvalue weighted by Crippen LogP contribution is 2.32. The van der Waals surface area contributed by atoms with Crippen molar-refractivity contribution in [2.45, 2.75) is 0 Å². The Morgan fingerprint density at radius 1 is 1.35 bits per heavy atom. The molecule has 0 spiro atoms. The monoisotopic (exact) mass is 360 g/mol. The predicted molar refractivity (Wildman–Crippen MR) is 81.4 cm³/mol. The van der Waals surface area contributed by atoms with Gasteiger partial charge in [-0.15, -0.1) is 0 Å². The van der Waals surface area contributed by atoms with Crippen LogP contribution in [0.5, 0.6) is 0 Å². The van der Waals surface area contributed by atoms with E-state index < -0.39 is 40.0 Å². The van der Waals surface area contributed by atoms with Crippen LogP contribution in [-0.4, -0.2) is 19.8 Å². The number of rotatable bonds is 4. The minimum absolute atomic E-state index is 0.0294. The van der Waals surface area contributed by atoms with Gasteiger partial charge in [0.15, 0.2) is 11.7 Å². The van der Waals surface area contributed by atoms with Crippen molar-refractivity contribution in [3.05, 3.63) is 58.6 Å². The maximum absolute atomic E-state index is 14.5. The molecule has 0 amide bonds. The van der Waals surface area contributed by atoms with Crippen LogP contribution in [0.25, 0.3) is 0 Å². The van der Waals surface area contributed by atoms with Gasteiger partial charge in [-0.1, -0.05) is 22.8 Å². The Bertz CT molecular complexity index is 804. The van der Waals surface area contributed by atoms with Crippen molar-refractivity contribution >= 4 is 40.1 Å². The summed E-state index contributed by atoms with van der Waals surface area (Å²) in [7, 11) is 0. The third-order valence-electron chi connectivity index (χ3n) is 2.85. The Labute approximate surface area is 137 Å². The third-order valence-corrected chi connectivity index (χ3v) is 3.79. The van der Waals surface area contributed by atoms with Gasteiger partial charge in [0.05, 0.1) is 28.2 Å². The van der Waals surface area contributed by atoms with Gasteiger partial charge >= 0.3 is 0 Å². The largest absolute Gasteiger partial charge is 0.755 e. The quantitative estimate of drug-likeness (QED) is 0.287. The molecule has 0 aliphatic heterocycles. The summed E-state index contributed by atoms with van der Waals surface area (Å²) in [5.74, 6) is -3.24. The summed E-state index contributed by atoms with van der Waals surface area (Å²) in [5.41, 5.74) is 3.90. The molecule has 122 valence electrons. The maximum atomic E-state index is 14.5. The molecule has 2 aromatic carbocycles. The van der Waals surface area contributed by atoms with Gasteiger partial charge in [0.2, 0.25) is 0 Å². The summed E-state index contributed by atoms with van der Waals surface area (Å²) in [4.78, 5) is 0. The molecule has 0 aliphatic rings. The standard InChI is InChI=1S/C13H10ClF2N3O3S/c14-7-2-1-3-8(6-7)19(23(21)22)10-5-4-9(15)11(12(10)16)13(17)18-20/h1-6,20H,(H2,17,18)(H,21,22)/p-1. The number of benzene rings is 2. The van der Waals surface area contributed by atoms with E-state index in [9.17, 15) is 17.5 Å². The summed E-state index contributed by atoms with van der Waals surface area (Å²) in [6.07, 6.45) is 0. The van der Waals surface area contributed by atoms with Gasteiger partial charge in [-0.05, 0) is 30.3 Å². The third kappa shape index (κ3) is 3.41. The fraction of sp³-hybridized carbons (Fsp3) is 0. The highest BCUT2D eigenvalue weighted by molar-refractivity contribution is 7.81. The summed E-state index contributed by atoms with van der Waals surface area (Å²) >= 11 is 2.86. The first kappa shape index (κ1) is 17.1.